The van der Waals surface area contributed by atoms with E-state index in [-0.39, 0.29) is 30.1 Å². The van der Waals surface area contributed by atoms with E-state index >= 15 is 0 Å². The van der Waals surface area contributed by atoms with Gasteiger partial charge in [-0.1, -0.05) is 12.5 Å². The van der Waals surface area contributed by atoms with Crippen molar-refractivity contribution in [2.45, 2.75) is 50.9 Å². The molecule has 1 atom stereocenters. The first-order chi connectivity index (χ1) is 18.5. The molecular weight excluding hydrogens is 482 g/mol. The molecule has 1 amide bonds. The second-order valence-corrected chi connectivity index (χ2v) is 9.87. The Labute approximate surface area is 221 Å². The zero-order valence-corrected chi connectivity index (χ0v) is 21.2. The molecule has 1 aliphatic rings. The normalized spacial score (nSPS) is 15.2. The Morgan fingerprint density at radius 1 is 0.974 bits per heavy atom. The van der Waals surface area contributed by atoms with Crippen LogP contribution < -0.4 is 0 Å². The topological polar surface area (TPSA) is 62.5 Å². The van der Waals surface area contributed by atoms with Crippen LogP contribution in [-0.2, 0) is 12.8 Å². The average molecular weight is 513 g/mol. The maximum absolute atomic E-state index is 13.8. The lowest BCUT2D eigenvalue weighted by Gasteiger charge is -2.22. The minimum absolute atomic E-state index is 0.0793. The summed E-state index contributed by atoms with van der Waals surface area (Å²) in [6, 6.07) is 18.5. The molecular formula is C32H30F2N2O2. The number of benzene rings is 3. The smallest absolute Gasteiger partial charge is 0.276 e. The quantitative estimate of drug-likeness (QED) is 0.200. The molecule has 1 aromatic heterocycles. The molecule has 0 fully saturated rings. The van der Waals surface area contributed by atoms with Gasteiger partial charge in [-0.25, -0.2) is 18.8 Å². The number of aliphatic hydroxyl groups excluding tert-OH is 1. The van der Waals surface area contributed by atoms with E-state index in [1.54, 1.807) is 30.5 Å². The molecule has 4 aromatic rings. The van der Waals surface area contributed by atoms with Crippen molar-refractivity contribution in [3.63, 3.8) is 0 Å². The van der Waals surface area contributed by atoms with Gasteiger partial charge in [0, 0.05) is 35.3 Å². The second kappa shape index (κ2) is 11.7. The van der Waals surface area contributed by atoms with Gasteiger partial charge in [0.2, 0.25) is 0 Å². The van der Waals surface area contributed by atoms with Crippen molar-refractivity contribution in [1.29, 1.82) is 0 Å². The van der Waals surface area contributed by atoms with Crippen molar-refractivity contribution in [2.75, 3.05) is 6.61 Å². The van der Waals surface area contributed by atoms with Crippen LogP contribution in [0.4, 0.5) is 8.78 Å². The fourth-order valence-electron chi connectivity index (χ4n) is 5.20. The lowest BCUT2D eigenvalue weighted by molar-refractivity contribution is 0.100. The largest absolute Gasteiger partial charge is 0.396 e. The number of hydrogen-bond acceptors (Lipinski definition) is 3. The summed E-state index contributed by atoms with van der Waals surface area (Å²) in [4.78, 5) is 22.1. The molecule has 1 unspecified atom stereocenters. The van der Waals surface area contributed by atoms with E-state index in [1.165, 1.54) is 18.2 Å². The van der Waals surface area contributed by atoms with Crippen LogP contribution in [0.3, 0.4) is 0 Å². The molecule has 0 saturated heterocycles. The number of pyridine rings is 1. The number of halogens is 2. The molecule has 3 aromatic carbocycles. The summed E-state index contributed by atoms with van der Waals surface area (Å²) in [5.41, 5.74) is 5.86. The number of nitrogens with zero attached hydrogens (tertiary/aromatic N) is 2. The highest BCUT2D eigenvalue weighted by molar-refractivity contribution is 6.02. The number of rotatable bonds is 8. The van der Waals surface area contributed by atoms with Crippen LogP contribution in [0.1, 0.15) is 65.1 Å². The van der Waals surface area contributed by atoms with Gasteiger partial charge in [0.1, 0.15) is 11.6 Å². The summed E-state index contributed by atoms with van der Waals surface area (Å²) in [6.07, 6.45) is 7.64. The number of unbranched alkanes of at least 4 members (excludes halogenated alkanes) is 2. The molecule has 6 heteroatoms. The first kappa shape index (κ1) is 25.9. The standard InChI is InChI=1S/C32H30F2N2O2/c33-27-12-9-22(10-13-27)31-23(5-2-1-3-16-37)17-26-18-24(11-15-30(26)36-31)32(38)35-20-25-7-4-6-21-8-14-28(34)19-29(21)25/h8-15,17-20,25,37H,1-7,16H2. The fraction of sp³-hybridized carbons (Fsp3) is 0.281. The molecule has 1 aliphatic carbocycles. The van der Waals surface area contributed by atoms with Crippen molar-refractivity contribution in [3.05, 3.63) is 101 Å². The van der Waals surface area contributed by atoms with Crippen LogP contribution in [0, 0.1) is 11.6 Å². The number of carbonyl (C=O) groups excluding carboxylic acids is 1. The van der Waals surface area contributed by atoms with Gasteiger partial charge in [0.05, 0.1) is 11.2 Å². The predicted octanol–water partition coefficient (Wildman–Crippen LogP) is 7.22. The highest BCUT2D eigenvalue weighted by Gasteiger charge is 2.20. The van der Waals surface area contributed by atoms with Gasteiger partial charge >= 0.3 is 0 Å². The van der Waals surface area contributed by atoms with E-state index in [0.717, 1.165) is 83.8 Å². The highest BCUT2D eigenvalue weighted by Crippen LogP contribution is 2.31. The summed E-state index contributed by atoms with van der Waals surface area (Å²) in [7, 11) is 0. The molecule has 0 saturated carbocycles. The van der Waals surface area contributed by atoms with Gasteiger partial charge in [0.15, 0.2) is 0 Å². The Kier molecular flexibility index (Phi) is 7.99. The molecule has 4 nitrogen and oxygen atoms in total. The van der Waals surface area contributed by atoms with E-state index in [0.29, 0.717) is 5.56 Å². The number of aliphatic hydroxyl groups is 1. The summed E-state index contributed by atoms with van der Waals surface area (Å²) < 4.78 is 27.4. The van der Waals surface area contributed by atoms with Gasteiger partial charge < -0.3 is 5.11 Å². The monoisotopic (exact) mass is 512 g/mol. The van der Waals surface area contributed by atoms with Crippen LogP contribution in [0.2, 0.25) is 0 Å². The lowest BCUT2D eigenvalue weighted by Crippen LogP contribution is -2.12. The van der Waals surface area contributed by atoms with Gasteiger partial charge in [-0.3, -0.25) is 4.79 Å². The van der Waals surface area contributed by atoms with Crippen LogP contribution >= 0.6 is 0 Å². The molecule has 0 radical (unpaired) electrons. The second-order valence-electron chi connectivity index (χ2n) is 9.87. The van der Waals surface area contributed by atoms with Gasteiger partial charge in [0.25, 0.3) is 5.91 Å². The molecule has 0 bridgehead atoms. The lowest BCUT2D eigenvalue weighted by atomic mass is 9.83. The van der Waals surface area contributed by atoms with Crippen molar-refractivity contribution in [3.8, 4) is 11.3 Å². The first-order valence-electron chi connectivity index (χ1n) is 13.2. The molecule has 5 rings (SSSR count). The average Bonchev–Trinajstić information content (AvgIpc) is 2.93. The molecule has 1 N–H and O–H groups in total. The van der Waals surface area contributed by atoms with E-state index in [9.17, 15) is 13.6 Å². The Morgan fingerprint density at radius 3 is 2.61 bits per heavy atom. The highest BCUT2D eigenvalue weighted by atomic mass is 19.1. The Morgan fingerprint density at radius 2 is 1.79 bits per heavy atom. The number of carbonyl (C=O) groups is 1. The van der Waals surface area contributed by atoms with Crippen molar-refractivity contribution in [2.24, 2.45) is 4.99 Å². The molecule has 38 heavy (non-hydrogen) atoms. The Hall–Kier alpha value is -3.77. The molecule has 0 aliphatic heterocycles. The molecule has 0 spiro atoms. The summed E-state index contributed by atoms with van der Waals surface area (Å²) in [6.45, 7) is 0.161. The fourth-order valence-corrected chi connectivity index (χ4v) is 5.20. The SMILES string of the molecule is O=C(N=CC1CCCc2ccc(F)cc21)c1ccc2nc(-c3ccc(F)cc3)c(CCCCCO)cc2c1. The third kappa shape index (κ3) is 5.86. The zero-order chi connectivity index (χ0) is 26.5. The van der Waals surface area contributed by atoms with Gasteiger partial charge in [-0.2, -0.15) is 0 Å². The molecule has 194 valence electrons. The minimum atomic E-state index is -0.345. The van der Waals surface area contributed by atoms with E-state index < -0.39 is 0 Å². The molecule has 1 heterocycles. The van der Waals surface area contributed by atoms with Crippen LogP contribution in [-0.4, -0.2) is 28.8 Å². The summed E-state index contributed by atoms with van der Waals surface area (Å²) in [5.74, 6) is -0.999. The number of aryl methyl sites for hydroxylation is 2. The van der Waals surface area contributed by atoms with Gasteiger partial charge in [-0.05, 0) is 116 Å². The Bertz CT molecular complexity index is 1480. The van der Waals surface area contributed by atoms with Crippen molar-refractivity contribution >= 4 is 23.0 Å². The number of fused-ring (bicyclic) bond motifs is 2. The summed E-state index contributed by atoms with van der Waals surface area (Å²) >= 11 is 0. The van der Waals surface area contributed by atoms with E-state index in [1.807, 2.05) is 24.3 Å². The van der Waals surface area contributed by atoms with Crippen molar-refractivity contribution < 1.29 is 18.7 Å². The van der Waals surface area contributed by atoms with E-state index in [2.05, 4.69) is 4.99 Å². The minimum Gasteiger partial charge on any atom is -0.396 e. The number of aromatic nitrogens is 1. The summed E-state index contributed by atoms with van der Waals surface area (Å²) in [5, 5.41) is 9.96. The predicted molar refractivity (Wildman–Crippen MR) is 147 cm³/mol. The van der Waals surface area contributed by atoms with Crippen LogP contribution in [0.15, 0.2) is 71.7 Å². The Balaban J connectivity index is 1.43. The number of amides is 1. The van der Waals surface area contributed by atoms with Crippen LogP contribution in [0.25, 0.3) is 22.2 Å². The van der Waals surface area contributed by atoms with Crippen LogP contribution in [0.5, 0.6) is 0 Å². The first-order valence-corrected chi connectivity index (χ1v) is 13.2. The number of hydrogen-bond donors (Lipinski definition) is 1. The third-order valence-electron chi connectivity index (χ3n) is 7.20. The maximum Gasteiger partial charge on any atom is 0.276 e. The van der Waals surface area contributed by atoms with Crippen molar-refractivity contribution in [1.82, 2.24) is 4.98 Å². The zero-order valence-electron chi connectivity index (χ0n) is 21.2. The maximum atomic E-state index is 13.8. The third-order valence-corrected chi connectivity index (χ3v) is 7.20. The van der Waals surface area contributed by atoms with Gasteiger partial charge in [-0.15, -0.1) is 0 Å². The van der Waals surface area contributed by atoms with E-state index in [4.69, 9.17) is 10.1 Å². The number of aliphatic imine (C=N–C) groups is 1.